The normalized spacial score (nSPS) is 15.3. The molecule has 1 aliphatic heterocycles. The summed E-state index contributed by atoms with van der Waals surface area (Å²) in [7, 11) is 1.54. The lowest BCUT2D eigenvalue weighted by atomic mass is 10.0. The predicted molar refractivity (Wildman–Crippen MR) is 139 cm³/mol. The van der Waals surface area contributed by atoms with Crippen molar-refractivity contribution in [2.75, 3.05) is 13.7 Å². The number of carbonyl (C=O) groups is 3. The molecular formula is C26H26BrNO6S. The standard InChI is InChI=1S/C26H26BrNO6S/c1-5-7-19-12-18(13-21(32-4)23(19)34-15-17-8-10-20(27)11-9-17)14-22-24(29)28(26(31)35-22)16(3)25(30)33-6-2/h5,8-14,16H,1,6-7,15H2,2-4H3/b22-14+/t16-/m0/s1. The van der Waals surface area contributed by atoms with Crippen LogP contribution in [0.2, 0.25) is 0 Å². The summed E-state index contributed by atoms with van der Waals surface area (Å²) in [6, 6.07) is 10.4. The van der Waals surface area contributed by atoms with E-state index in [0.717, 1.165) is 32.3 Å². The second kappa shape index (κ2) is 12.1. The smallest absolute Gasteiger partial charge is 0.329 e. The van der Waals surface area contributed by atoms with Crippen LogP contribution in [0.3, 0.4) is 0 Å². The van der Waals surface area contributed by atoms with Crippen molar-refractivity contribution in [1.82, 2.24) is 4.90 Å². The Bertz CT molecular complexity index is 1160. The molecular weight excluding hydrogens is 534 g/mol. The summed E-state index contributed by atoms with van der Waals surface area (Å²) in [5.41, 5.74) is 2.47. The first-order valence-corrected chi connectivity index (χ1v) is 12.5. The van der Waals surface area contributed by atoms with Gasteiger partial charge in [-0.25, -0.2) is 4.79 Å². The molecule has 1 atom stereocenters. The number of allylic oxidation sites excluding steroid dienone is 1. The first-order chi connectivity index (χ1) is 16.8. The molecule has 0 spiro atoms. The largest absolute Gasteiger partial charge is 0.493 e. The van der Waals surface area contributed by atoms with Crippen LogP contribution in [0.4, 0.5) is 4.79 Å². The Kier molecular flexibility index (Phi) is 9.17. The van der Waals surface area contributed by atoms with E-state index in [9.17, 15) is 14.4 Å². The Labute approximate surface area is 217 Å². The molecule has 1 fully saturated rings. The van der Waals surface area contributed by atoms with E-state index in [1.807, 2.05) is 30.3 Å². The van der Waals surface area contributed by atoms with E-state index in [1.165, 1.54) is 14.0 Å². The van der Waals surface area contributed by atoms with Gasteiger partial charge in [0.25, 0.3) is 11.1 Å². The molecule has 7 nitrogen and oxygen atoms in total. The van der Waals surface area contributed by atoms with E-state index >= 15 is 0 Å². The van der Waals surface area contributed by atoms with E-state index in [-0.39, 0.29) is 11.5 Å². The summed E-state index contributed by atoms with van der Waals surface area (Å²) < 4.78 is 17.6. The Morgan fingerprint density at radius 1 is 1.23 bits per heavy atom. The monoisotopic (exact) mass is 559 g/mol. The first-order valence-electron chi connectivity index (χ1n) is 10.9. The third-order valence-corrected chi connectivity index (χ3v) is 6.58. The molecule has 35 heavy (non-hydrogen) atoms. The highest BCUT2D eigenvalue weighted by Crippen LogP contribution is 2.38. The molecule has 0 N–H and O–H groups in total. The van der Waals surface area contributed by atoms with Gasteiger partial charge in [-0.3, -0.25) is 14.5 Å². The van der Waals surface area contributed by atoms with Crippen LogP contribution in [0.5, 0.6) is 11.5 Å². The number of rotatable bonds is 10. The van der Waals surface area contributed by atoms with Gasteiger partial charge in [-0.2, -0.15) is 0 Å². The molecule has 0 radical (unpaired) electrons. The lowest BCUT2D eigenvalue weighted by Crippen LogP contribution is -2.42. The van der Waals surface area contributed by atoms with Crippen LogP contribution in [-0.4, -0.2) is 41.8 Å². The molecule has 0 aliphatic carbocycles. The average Bonchev–Trinajstić information content (AvgIpc) is 3.11. The molecule has 1 saturated heterocycles. The number of imide groups is 1. The molecule has 2 aromatic rings. The van der Waals surface area contributed by atoms with E-state index < -0.39 is 23.2 Å². The van der Waals surface area contributed by atoms with E-state index in [1.54, 1.807) is 25.1 Å². The summed E-state index contributed by atoms with van der Waals surface area (Å²) >= 11 is 4.20. The average molecular weight is 560 g/mol. The highest BCUT2D eigenvalue weighted by Gasteiger charge is 2.41. The third-order valence-electron chi connectivity index (χ3n) is 5.17. The number of benzene rings is 2. The summed E-state index contributed by atoms with van der Waals surface area (Å²) in [5.74, 6) is -0.0954. The van der Waals surface area contributed by atoms with Gasteiger partial charge in [0.2, 0.25) is 0 Å². The van der Waals surface area contributed by atoms with Crippen LogP contribution in [0.25, 0.3) is 6.08 Å². The first kappa shape index (κ1) is 26.6. The molecule has 0 saturated carbocycles. The molecule has 1 aliphatic rings. The van der Waals surface area contributed by atoms with Crippen LogP contribution in [0.15, 0.2) is 58.4 Å². The number of amides is 2. The van der Waals surface area contributed by atoms with Crippen LogP contribution in [0.1, 0.15) is 30.5 Å². The minimum absolute atomic E-state index is 0.164. The Hall–Kier alpha value is -3.04. The highest BCUT2D eigenvalue weighted by molar-refractivity contribution is 9.10. The number of ether oxygens (including phenoxy) is 3. The molecule has 3 rings (SSSR count). The summed E-state index contributed by atoms with van der Waals surface area (Å²) in [6.45, 7) is 7.47. The van der Waals surface area contributed by atoms with E-state index in [4.69, 9.17) is 14.2 Å². The van der Waals surface area contributed by atoms with Crippen molar-refractivity contribution in [3.8, 4) is 11.5 Å². The van der Waals surface area contributed by atoms with Gasteiger partial charge in [0, 0.05) is 10.0 Å². The fraction of sp³-hybridized carbons (Fsp3) is 0.269. The van der Waals surface area contributed by atoms with Crippen molar-refractivity contribution >= 4 is 50.9 Å². The van der Waals surface area contributed by atoms with Crippen LogP contribution >= 0.6 is 27.7 Å². The number of hydrogen-bond donors (Lipinski definition) is 0. The number of hydrogen-bond acceptors (Lipinski definition) is 7. The van der Waals surface area contributed by atoms with Crippen molar-refractivity contribution in [3.05, 3.63) is 75.1 Å². The highest BCUT2D eigenvalue weighted by atomic mass is 79.9. The van der Waals surface area contributed by atoms with Gasteiger partial charge in [0.05, 0.1) is 18.6 Å². The molecule has 1 heterocycles. The van der Waals surface area contributed by atoms with Crippen LogP contribution < -0.4 is 9.47 Å². The number of esters is 1. The van der Waals surface area contributed by atoms with Gasteiger partial charge in [0.1, 0.15) is 12.6 Å². The Morgan fingerprint density at radius 3 is 2.57 bits per heavy atom. The maximum Gasteiger partial charge on any atom is 0.329 e. The van der Waals surface area contributed by atoms with Crippen molar-refractivity contribution in [1.29, 1.82) is 0 Å². The molecule has 184 valence electrons. The van der Waals surface area contributed by atoms with Gasteiger partial charge < -0.3 is 14.2 Å². The fourth-order valence-electron chi connectivity index (χ4n) is 3.46. The van der Waals surface area contributed by atoms with Crippen molar-refractivity contribution in [3.63, 3.8) is 0 Å². The zero-order valence-electron chi connectivity index (χ0n) is 19.7. The number of carbonyl (C=O) groups excluding carboxylic acids is 3. The van der Waals surface area contributed by atoms with Gasteiger partial charge in [-0.1, -0.05) is 34.1 Å². The Balaban J connectivity index is 1.89. The van der Waals surface area contributed by atoms with Gasteiger partial charge in [-0.05, 0) is 73.5 Å². The predicted octanol–water partition coefficient (Wildman–Crippen LogP) is 5.75. The van der Waals surface area contributed by atoms with Crippen molar-refractivity contribution in [2.24, 2.45) is 0 Å². The molecule has 0 aromatic heterocycles. The Morgan fingerprint density at radius 2 is 1.94 bits per heavy atom. The maximum absolute atomic E-state index is 12.9. The lowest BCUT2D eigenvalue weighted by molar-refractivity contribution is -0.150. The van der Waals surface area contributed by atoms with E-state index in [0.29, 0.717) is 30.1 Å². The minimum atomic E-state index is -1.01. The fourth-order valence-corrected chi connectivity index (χ4v) is 4.63. The van der Waals surface area contributed by atoms with Gasteiger partial charge in [-0.15, -0.1) is 6.58 Å². The quantitative estimate of drug-likeness (QED) is 0.208. The zero-order valence-corrected chi connectivity index (χ0v) is 22.1. The van der Waals surface area contributed by atoms with Crippen molar-refractivity contribution in [2.45, 2.75) is 32.9 Å². The molecule has 0 bridgehead atoms. The third kappa shape index (κ3) is 6.35. The van der Waals surface area contributed by atoms with Crippen molar-refractivity contribution < 1.29 is 28.6 Å². The summed E-state index contributed by atoms with van der Waals surface area (Å²) in [5, 5.41) is -0.519. The number of thioether (sulfide) groups is 1. The lowest BCUT2D eigenvalue weighted by Gasteiger charge is -2.19. The van der Waals surface area contributed by atoms with Crippen LogP contribution in [-0.2, 0) is 27.4 Å². The van der Waals surface area contributed by atoms with Gasteiger partial charge >= 0.3 is 5.97 Å². The summed E-state index contributed by atoms with van der Waals surface area (Å²) in [6.07, 6.45) is 3.87. The number of nitrogens with zero attached hydrogens (tertiary/aromatic N) is 1. The topological polar surface area (TPSA) is 82.1 Å². The number of halogens is 1. The zero-order chi connectivity index (χ0) is 25.5. The second-order valence-electron chi connectivity index (χ2n) is 7.60. The molecule has 9 heteroatoms. The molecule has 0 unspecified atom stereocenters. The maximum atomic E-state index is 12.9. The second-order valence-corrected chi connectivity index (χ2v) is 9.51. The molecule has 2 aromatic carbocycles. The number of methoxy groups -OCH3 is 1. The summed E-state index contributed by atoms with van der Waals surface area (Å²) in [4.78, 5) is 38.6. The SMILES string of the molecule is C=CCc1cc(/C=C2/SC(=O)N([C@@H](C)C(=O)OCC)C2=O)cc(OC)c1OCc1ccc(Br)cc1. The van der Waals surface area contributed by atoms with Crippen LogP contribution in [0, 0.1) is 0 Å². The van der Waals surface area contributed by atoms with Gasteiger partial charge in [0.15, 0.2) is 11.5 Å². The molecule has 2 amide bonds. The van der Waals surface area contributed by atoms with E-state index in [2.05, 4.69) is 22.5 Å². The minimum Gasteiger partial charge on any atom is -0.493 e.